The Morgan fingerprint density at radius 3 is 2.70 bits per heavy atom. The fourth-order valence-electron chi connectivity index (χ4n) is 1.59. The van der Waals surface area contributed by atoms with Crippen molar-refractivity contribution in [2.45, 2.75) is 13.8 Å². The number of hydrogen-bond acceptors (Lipinski definition) is 5. The SMILES string of the molecule is Cc1ccc(N/N=C\c2c(O)[nH]c(=S)[nH]c2=O)cc1C. The Morgan fingerprint density at radius 1 is 1.30 bits per heavy atom. The molecule has 0 atom stereocenters. The highest BCUT2D eigenvalue weighted by Gasteiger charge is 2.04. The lowest BCUT2D eigenvalue weighted by Crippen LogP contribution is -2.14. The Morgan fingerprint density at radius 2 is 2.05 bits per heavy atom. The van der Waals surface area contributed by atoms with Gasteiger partial charge in [0.1, 0.15) is 5.56 Å². The molecule has 0 aliphatic rings. The molecule has 1 aromatic carbocycles. The molecule has 0 saturated heterocycles. The third-order valence-electron chi connectivity index (χ3n) is 2.85. The summed E-state index contributed by atoms with van der Waals surface area (Å²) >= 11 is 4.73. The lowest BCUT2D eigenvalue weighted by atomic mass is 10.1. The predicted molar refractivity (Wildman–Crippen MR) is 81.0 cm³/mol. The molecule has 4 N–H and O–H groups in total. The molecule has 0 aliphatic carbocycles. The summed E-state index contributed by atoms with van der Waals surface area (Å²) in [6.07, 6.45) is 1.23. The van der Waals surface area contributed by atoms with Crippen molar-refractivity contribution in [1.82, 2.24) is 9.97 Å². The van der Waals surface area contributed by atoms with Crippen LogP contribution in [0.1, 0.15) is 16.7 Å². The van der Waals surface area contributed by atoms with Gasteiger partial charge in [0.25, 0.3) is 5.56 Å². The van der Waals surface area contributed by atoms with Gasteiger partial charge in [-0.05, 0) is 49.3 Å². The number of anilines is 1. The second kappa shape index (κ2) is 5.70. The van der Waals surface area contributed by atoms with Gasteiger partial charge in [0.2, 0.25) is 5.88 Å². The minimum absolute atomic E-state index is 0.00920. The highest BCUT2D eigenvalue weighted by Crippen LogP contribution is 2.14. The monoisotopic (exact) mass is 290 g/mol. The molecule has 0 fully saturated rings. The van der Waals surface area contributed by atoms with Gasteiger partial charge in [-0.3, -0.25) is 15.2 Å². The summed E-state index contributed by atoms with van der Waals surface area (Å²) in [5, 5.41) is 13.5. The van der Waals surface area contributed by atoms with E-state index in [0.29, 0.717) is 0 Å². The molecule has 0 bridgehead atoms. The van der Waals surface area contributed by atoms with Crippen LogP contribution in [0, 0.1) is 18.6 Å². The van der Waals surface area contributed by atoms with Crippen LogP contribution in [0.2, 0.25) is 0 Å². The van der Waals surface area contributed by atoms with Gasteiger partial charge in [0.05, 0.1) is 11.9 Å². The Kier molecular flexibility index (Phi) is 3.99. The van der Waals surface area contributed by atoms with Gasteiger partial charge in [0, 0.05) is 0 Å². The molecule has 2 aromatic rings. The summed E-state index contributed by atoms with van der Waals surface area (Å²) in [4.78, 5) is 16.4. The largest absolute Gasteiger partial charge is 0.494 e. The number of H-pyrrole nitrogens is 2. The van der Waals surface area contributed by atoms with Crippen molar-refractivity contribution in [2.24, 2.45) is 5.10 Å². The van der Waals surface area contributed by atoms with Crippen LogP contribution < -0.4 is 11.0 Å². The van der Waals surface area contributed by atoms with E-state index in [-0.39, 0.29) is 16.2 Å². The van der Waals surface area contributed by atoms with Gasteiger partial charge in [0.15, 0.2) is 4.77 Å². The number of aromatic hydroxyl groups is 1. The fraction of sp³-hybridized carbons (Fsp3) is 0.154. The van der Waals surface area contributed by atoms with Crippen LogP contribution in [0.25, 0.3) is 0 Å². The summed E-state index contributed by atoms with van der Waals surface area (Å²) in [7, 11) is 0. The standard InChI is InChI=1S/C13H14N4O2S/c1-7-3-4-9(5-8(7)2)17-14-6-10-11(18)15-13(20)16-12(10)19/h3-6,17H,1-2H3,(H3,15,16,18,19,20)/b14-6-. The molecule has 0 saturated carbocycles. The van der Waals surface area contributed by atoms with Crippen molar-refractivity contribution < 1.29 is 5.11 Å². The first kappa shape index (κ1) is 14.0. The molecule has 104 valence electrons. The van der Waals surface area contributed by atoms with E-state index >= 15 is 0 Å². The lowest BCUT2D eigenvalue weighted by molar-refractivity contribution is 0.449. The predicted octanol–water partition coefficient (Wildman–Crippen LogP) is 2.20. The van der Waals surface area contributed by atoms with E-state index < -0.39 is 5.56 Å². The number of aromatic amines is 2. The lowest BCUT2D eigenvalue weighted by Gasteiger charge is -2.04. The quantitative estimate of drug-likeness (QED) is 0.396. The number of aryl methyl sites for hydroxylation is 2. The van der Waals surface area contributed by atoms with E-state index in [4.69, 9.17) is 12.2 Å². The maximum atomic E-state index is 11.6. The first-order chi connectivity index (χ1) is 9.47. The van der Waals surface area contributed by atoms with Crippen LogP contribution in [-0.2, 0) is 0 Å². The number of hydrogen-bond donors (Lipinski definition) is 4. The van der Waals surface area contributed by atoms with E-state index in [1.54, 1.807) is 0 Å². The van der Waals surface area contributed by atoms with Crippen LogP contribution in [0.15, 0.2) is 28.1 Å². The Hall–Kier alpha value is -2.41. The van der Waals surface area contributed by atoms with Crippen molar-refractivity contribution in [1.29, 1.82) is 0 Å². The Bertz CT molecular complexity index is 777. The average Bonchev–Trinajstić information content (AvgIpc) is 2.36. The smallest absolute Gasteiger partial charge is 0.264 e. The first-order valence-corrected chi connectivity index (χ1v) is 6.30. The normalized spacial score (nSPS) is 10.9. The van der Waals surface area contributed by atoms with Gasteiger partial charge in [-0.25, -0.2) is 0 Å². The minimum atomic E-state index is -0.503. The average molecular weight is 290 g/mol. The summed E-state index contributed by atoms with van der Waals surface area (Å²) in [5.41, 5.74) is 5.42. The Balaban J connectivity index is 2.20. The maximum absolute atomic E-state index is 11.6. The zero-order valence-electron chi connectivity index (χ0n) is 11.0. The molecule has 1 aromatic heterocycles. The van der Waals surface area contributed by atoms with Gasteiger partial charge in [-0.2, -0.15) is 5.10 Å². The highest BCUT2D eigenvalue weighted by molar-refractivity contribution is 7.71. The number of nitrogens with zero attached hydrogens (tertiary/aromatic N) is 1. The van der Waals surface area contributed by atoms with Gasteiger partial charge in [-0.1, -0.05) is 6.07 Å². The third kappa shape index (κ3) is 3.12. The molecule has 20 heavy (non-hydrogen) atoms. The van der Waals surface area contributed by atoms with Crippen LogP contribution in [0.3, 0.4) is 0 Å². The van der Waals surface area contributed by atoms with Crippen molar-refractivity contribution in [2.75, 3.05) is 5.43 Å². The van der Waals surface area contributed by atoms with Crippen molar-refractivity contribution in [3.63, 3.8) is 0 Å². The molecule has 6 nitrogen and oxygen atoms in total. The number of aromatic nitrogens is 2. The number of rotatable bonds is 3. The summed E-state index contributed by atoms with van der Waals surface area (Å²) in [6.45, 7) is 4.02. The summed E-state index contributed by atoms with van der Waals surface area (Å²) < 4.78 is 0.0618. The van der Waals surface area contributed by atoms with E-state index in [1.807, 2.05) is 32.0 Å². The van der Waals surface area contributed by atoms with Crippen molar-refractivity contribution >= 4 is 24.1 Å². The molecular weight excluding hydrogens is 276 g/mol. The minimum Gasteiger partial charge on any atom is -0.494 e. The maximum Gasteiger partial charge on any atom is 0.264 e. The fourth-order valence-corrected chi connectivity index (χ4v) is 1.78. The molecule has 2 rings (SSSR count). The number of hydrazone groups is 1. The number of nitrogens with one attached hydrogen (secondary N) is 3. The second-order valence-electron chi connectivity index (χ2n) is 4.34. The van der Waals surface area contributed by atoms with Crippen LogP contribution in [0.4, 0.5) is 5.69 Å². The molecule has 0 aliphatic heterocycles. The molecule has 0 spiro atoms. The zero-order chi connectivity index (χ0) is 14.7. The van der Waals surface area contributed by atoms with E-state index in [9.17, 15) is 9.90 Å². The van der Waals surface area contributed by atoms with Crippen molar-refractivity contribution in [3.8, 4) is 5.88 Å². The molecule has 0 amide bonds. The first-order valence-electron chi connectivity index (χ1n) is 5.89. The van der Waals surface area contributed by atoms with Gasteiger partial charge < -0.3 is 10.1 Å². The second-order valence-corrected chi connectivity index (χ2v) is 4.75. The summed E-state index contributed by atoms with van der Waals surface area (Å²) in [6, 6.07) is 5.79. The van der Waals surface area contributed by atoms with E-state index in [1.165, 1.54) is 11.8 Å². The zero-order valence-corrected chi connectivity index (χ0v) is 11.8. The highest BCUT2D eigenvalue weighted by atomic mass is 32.1. The van der Waals surface area contributed by atoms with Crippen LogP contribution >= 0.6 is 12.2 Å². The van der Waals surface area contributed by atoms with Crippen LogP contribution in [0.5, 0.6) is 5.88 Å². The molecular formula is C13H14N4O2S. The van der Waals surface area contributed by atoms with E-state index in [2.05, 4.69) is 20.5 Å². The molecule has 0 radical (unpaired) electrons. The Labute approximate surface area is 120 Å². The van der Waals surface area contributed by atoms with Gasteiger partial charge >= 0.3 is 0 Å². The molecule has 7 heteroatoms. The van der Waals surface area contributed by atoms with Gasteiger partial charge in [-0.15, -0.1) is 0 Å². The van der Waals surface area contributed by atoms with Crippen LogP contribution in [-0.4, -0.2) is 21.3 Å². The van der Waals surface area contributed by atoms with Crippen molar-refractivity contribution in [3.05, 3.63) is 50.0 Å². The number of benzene rings is 1. The molecule has 1 heterocycles. The molecule has 0 unspecified atom stereocenters. The summed E-state index contributed by atoms with van der Waals surface area (Å²) in [5.74, 6) is -0.315. The third-order valence-corrected chi connectivity index (χ3v) is 3.06. The van der Waals surface area contributed by atoms with E-state index in [0.717, 1.165) is 11.3 Å². The topological polar surface area (TPSA) is 93.3 Å².